The summed E-state index contributed by atoms with van der Waals surface area (Å²) in [6.45, 7) is 0. The van der Waals surface area contributed by atoms with Crippen molar-refractivity contribution in [2.45, 2.75) is 0 Å². The van der Waals surface area contributed by atoms with E-state index in [1.807, 2.05) is 12.1 Å². The Labute approximate surface area is 103 Å². The largest absolute Gasteiger partial charge is 0.339 e. The van der Waals surface area contributed by atoms with Gasteiger partial charge in [0.2, 0.25) is 0 Å². The zero-order valence-electron chi connectivity index (χ0n) is 9.28. The smallest absolute Gasteiger partial charge is 0.175 e. The second kappa shape index (κ2) is 4.14. The predicted octanol–water partition coefficient (Wildman–Crippen LogP) is 1.74. The summed E-state index contributed by atoms with van der Waals surface area (Å²) in [5.41, 5.74) is 1.83. The van der Waals surface area contributed by atoms with Crippen LogP contribution in [0.15, 0.2) is 43.0 Å². The van der Waals surface area contributed by atoms with E-state index in [0.29, 0.717) is 11.2 Å². The quantitative estimate of drug-likeness (QED) is 0.733. The van der Waals surface area contributed by atoms with Gasteiger partial charge in [-0.15, -0.1) is 0 Å². The number of hydrogen-bond donors (Lipinski definition) is 1. The van der Waals surface area contributed by atoms with E-state index in [1.165, 1.54) is 6.20 Å². The number of aromatic nitrogens is 4. The Morgan fingerprint density at radius 2 is 2.17 bits per heavy atom. The minimum absolute atomic E-state index is 0.449. The number of fused-ring (bicyclic) bond motifs is 1. The van der Waals surface area contributed by atoms with Crippen molar-refractivity contribution in [3.05, 3.63) is 48.5 Å². The molecule has 3 rings (SSSR count). The number of nitrogens with one attached hydrogen (secondary N) is 1. The van der Waals surface area contributed by atoms with Crippen molar-refractivity contribution in [1.29, 1.82) is 5.26 Å². The van der Waals surface area contributed by atoms with Gasteiger partial charge in [-0.3, -0.25) is 4.98 Å². The molecule has 0 saturated carbocycles. The first-order valence-corrected chi connectivity index (χ1v) is 5.28. The molecule has 0 aliphatic rings. The third-order valence-electron chi connectivity index (χ3n) is 2.46. The number of nitriles is 1. The van der Waals surface area contributed by atoms with E-state index < -0.39 is 0 Å². The van der Waals surface area contributed by atoms with Gasteiger partial charge < -0.3 is 5.32 Å². The van der Waals surface area contributed by atoms with Gasteiger partial charge in [-0.1, -0.05) is 0 Å². The highest BCUT2D eigenvalue weighted by molar-refractivity contribution is 5.62. The highest BCUT2D eigenvalue weighted by Gasteiger charge is 2.07. The molecule has 0 atom stereocenters. The maximum absolute atomic E-state index is 8.93. The fourth-order valence-corrected chi connectivity index (χ4v) is 1.65. The lowest BCUT2D eigenvalue weighted by Gasteiger charge is -2.06. The van der Waals surface area contributed by atoms with E-state index in [9.17, 15) is 0 Å². The minimum Gasteiger partial charge on any atom is -0.339 e. The van der Waals surface area contributed by atoms with Crippen molar-refractivity contribution in [2.24, 2.45) is 0 Å². The maximum atomic E-state index is 8.93. The van der Waals surface area contributed by atoms with Crippen molar-refractivity contribution in [3.8, 4) is 6.07 Å². The number of nitrogens with zero attached hydrogens (tertiary/aromatic N) is 5. The summed E-state index contributed by atoms with van der Waals surface area (Å²) in [7, 11) is 0. The lowest BCUT2D eigenvalue weighted by Crippen LogP contribution is -2.00. The van der Waals surface area contributed by atoms with Crippen LogP contribution in [0.3, 0.4) is 0 Å². The molecule has 86 valence electrons. The average Bonchev–Trinajstić information content (AvgIpc) is 2.84. The number of hydrogen-bond acceptors (Lipinski definition) is 5. The second-order valence-electron chi connectivity index (χ2n) is 3.60. The fraction of sp³-hybridized carbons (Fsp3) is 0. The second-order valence-corrected chi connectivity index (χ2v) is 3.60. The molecule has 0 aliphatic heterocycles. The maximum Gasteiger partial charge on any atom is 0.175 e. The summed E-state index contributed by atoms with van der Waals surface area (Å²) in [5, 5.41) is 16.2. The van der Waals surface area contributed by atoms with Gasteiger partial charge in [0, 0.05) is 12.4 Å². The van der Waals surface area contributed by atoms with Crippen LogP contribution >= 0.6 is 0 Å². The molecule has 0 unspecified atom stereocenters. The van der Waals surface area contributed by atoms with Gasteiger partial charge in [0.05, 0.1) is 18.1 Å². The first-order valence-electron chi connectivity index (χ1n) is 5.28. The van der Waals surface area contributed by atoms with Crippen LogP contribution in [0.4, 0.5) is 11.5 Å². The van der Waals surface area contributed by atoms with Crippen molar-refractivity contribution in [3.63, 3.8) is 0 Å². The Bertz CT molecular complexity index is 725. The molecule has 1 N–H and O–H groups in total. The Morgan fingerprint density at radius 1 is 1.22 bits per heavy atom. The Hall–Kier alpha value is -2.94. The van der Waals surface area contributed by atoms with Crippen LogP contribution in [-0.2, 0) is 0 Å². The molecule has 18 heavy (non-hydrogen) atoms. The lowest BCUT2D eigenvalue weighted by molar-refractivity contribution is 0.947. The summed E-state index contributed by atoms with van der Waals surface area (Å²) in [4.78, 5) is 8.16. The molecule has 6 nitrogen and oxygen atoms in total. The summed E-state index contributed by atoms with van der Waals surface area (Å²) in [6, 6.07) is 7.58. The molecule has 0 radical (unpaired) electrons. The van der Waals surface area contributed by atoms with Crippen molar-refractivity contribution >= 4 is 17.2 Å². The fourth-order valence-electron chi connectivity index (χ4n) is 1.65. The number of rotatable bonds is 2. The van der Waals surface area contributed by atoms with Crippen LogP contribution in [0.2, 0.25) is 0 Å². The highest BCUT2D eigenvalue weighted by atomic mass is 15.3. The van der Waals surface area contributed by atoms with Crippen molar-refractivity contribution in [2.75, 3.05) is 5.32 Å². The van der Waals surface area contributed by atoms with Crippen LogP contribution in [0.5, 0.6) is 0 Å². The van der Waals surface area contributed by atoms with E-state index in [1.54, 1.807) is 29.2 Å². The monoisotopic (exact) mass is 236 g/mol. The first-order chi connectivity index (χ1) is 8.88. The summed E-state index contributed by atoms with van der Waals surface area (Å²) < 4.78 is 1.59. The molecule has 3 aromatic rings. The molecular formula is C12H8N6. The summed E-state index contributed by atoms with van der Waals surface area (Å²) >= 11 is 0. The highest BCUT2D eigenvalue weighted by Crippen LogP contribution is 2.17. The molecular weight excluding hydrogens is 228 g/mol. The van der Waals surface area contributed by atoms with Gasteiger partial charge in [0.25, 0.3) is 0 Å². The Morgan fingerprint density at radius 3 is 2.94 bits per heavy atom. The zero-order valence-corrected chi connectivity index (χ0v) is 9.28. The van der Waals surface area contributed by atoms with E-state index in [2.05, 4.69) is 26.5 Å². The molecule has 3 aromatic heterocycles. The Kier molecular flexibility index (Phi) is 2.35. The van der Waals surface area contributed by atoms with Crippen LogP contribution in [0, 0.1) is 11.3 Å². The van der Waals surface area contributed by atoms with E-state index >= 15 is 0 Å². The van der Waals surface area contributed by atoms with E-state index in [4.69, 9.17) is 5.26 Å². The first kappa shape index (κ1) is 10.2. The molecule has 0 bridgehead atoms. The third-order valence-corrected chi connectivity index (χ3v) is 2.46. The van der Waals surface area contributed by atoms with Crippen LogP contribution in [0.25, 0.3) is 5.65 Å². The Balaban J connectivity index is 2.08. The molecule has 0 fully saturated rings. The summed E-state index contributed by atoms with van der Waals surface area (Å²) in [5.74, 6) is 0.731. The molecule has 0 aliphatic carbocycles. The molecule has 0 amide bonds. The van der Waals surface area contributed by atoms with E-state index in [-0.39, 0.29) is 0 Å². The van der Waals surface area contributed by atoms with Gasteiger partial charge in [0.15, 0.2) is 5.65 Å². The molecule has 0 saturated heterocycles. The third kappa shape index (κ3) is 1.64. The minimum atomic E-state index is 0.449. The van der Waals surface area contributed by atoms with Gasteiger partial charge in [-0.25, -0.2) is 4.98 Å². The zero-order chi connectivity index (χ0) is 12.4. The topological polar surface area (TPSA) is 78.9 Å². The predicted molar refractivity (Wildman–Crippen MR) is 65.2 cm³/mol. The molecule has 6 heteroatoms. The van der Waals surface area contributed by atoms with Gasteiger partial charge in [-0.2, -0.15) is 14.9 Å². The van der Waals surface area contributed by atoms with Gasteiger partial charge in [0.1, 0.15) is 17.5 Å². The molecule has 0 aromatic carbocycles. The van der Waals surface area contributed by atoms with Crippen LogP contribution in [0.1, 0.15) is 5.56 Å². The lowest BCUT2D eigenvalue weighted by atomic mass is 10.4. The number of anilines is 2. The summed E-state index contributed by atoms with van der Waals surface area (Å²) in [6.07, 6.45) is 6.54. The van der Waals surface area contributed by atoms with Crippen LogP contribution in [-0.4, -0.2) is 19.6 Å². The molecule has 3 heterocycles. The average molecular weight is 236 g/mol. The van der Waals surface area contributed by atoms with E-state index in [0.717, 1.165) is 11.5 Å². The van der Waals surface area contributed by atoms with Gasteiger partial charge in [-0.05, 0) is 18.2 Å². The van der Waals surface area contributed by atoms with Crippen LogP contribution < -0.4 is 5.32 Å². The van der Waals surface area contributed by atoms with Crippen molar-refractivity contribution < 1.29 is 0 Å². The number of pyridine rings is 1. The molecule has 0 spiro atoms. The van der Waals surface area contributed by atoms with Gasteiger partial charge >= 0.3 is 0 Å². The standard InChI is InChI=1S/C12H8N6/c13-6-9-7-16-18-11(3-5-15-12(9)18)17-10-2-1-4-14-8-10/h1-5,7-8,17H. The SMILES string of the molecule is N#Cc1cnn2c(Nc3cccnc3)ccnc12. The van der Waals surface area contributed by atoms with Crippen molar-refractivity contribution in [1.82, 2.24) is 19.6 Å². The normalized spacial score (nSPS) is 10.2.